The molecule has 2 heteroatoms. The van der Waals surface area contributed by atoms with Gasteiger partial charge in [0.25, 0.3) is 0 Å². The Morgan fingerprint density at radius 1 is 1.50 bits per heavy atom. The van der Waals surface area contributed by atoms with Crippen LogP contribution in [0.3, 0.4) is 0 Å². The highest BCUT2D eigenvalue weighted by molar-refractivity contribution is 5.10. The fourth-order valence-corrected chi connectivity index (χ4v) is 1.65. The lowest BCUT2D eigenvalue weighted by Gasteiger charge is -2.22. The van der Waals surface area contributed by atoms with Crippen molar-refractivity contribution in [2.75, 3.05) is 7.05 Å². The molecular weight excluding hydrogens is 172 g/mol. The molecule has 0 saturated heterocycles. The molecule has 1 N–H and O–H groups in total. The summed E-state index contributed by atoms with van der Waals surface area (Å²) in [6.45, 7) is 4.52. The first-order valence-corrected chi connectivity index (χ1v) is 5.34. The van der Waals surface area contributed by atoms with Crippen molar-refractivity contribution >= 4 is 0 Å². The highest BCUT2D eigenvalue weighted by Crippen LogP contribution is 2.12. The normalized spacial score (nSPS) is 15.1. The van der Waals surface area contributed by atoms with Gasteiger partial charge in [0, 0.05) is 18.4 Å². The zero-order valence-electron chi connectivity index (χ0n) is 9.33. The molecule has 1 rings (SSSR count). The summed E-state index contributed by atoms with van der Waals surface area (Å²) in [5.74, 6) is 0.709. The topological polar surface area (TPSA) is 24.9 Å². The lowest BCUT2D eigenvalue weighted by molar-refractivity contribution is 0.386. The molecule has 1 heterocycles. The number of pyridine rings is 1. The lowest BCUT2D eigenvalue weighted by atomic mass is 9.94. The van der Waals surface area contributed by atoms with E-state index in [2.05, 4.69) is 30.2 Å². The van der Waals surface area contributed by atoms with Gasteiger partial charge in [-0.2, -0.15) is 0 Å². The largest absolute Gasteiger partial charge is 0.316 e. The Balaban J connectivity index is 2.57. The van der Waals surface area contributed by atoms with E-state index in [1.807, 2.05) is 25.5 Å². The molecule has 0 aromatic carbocycles. The predicted octanol–water partition coefficient (Wildman–Crippen LogP) is 2.26. The summed E-state index contributed by atoms with van der Waals surface area (Å²) in [7, 11) is 2.03. The Morgan fingerprint density at radius 3 is 2.79 bits per heavy atom. The second-order valence-electron chi connectivity index (χ2n) is 3.85. The van der Waals surface area contributed by atoms with Gasteiger partial charge in [-0.05, 0) is 31.0 Å². The van der Waals surface area contributed by atoms with Crippen LogP contribution in [0.4, 0.5) is 0 Å². The molecule has 0 fully saturated rings. The summed E-state index contributed by atoms with van der Waals surface area (Å²) >= 11 is 0. The third-order valence-corrected chi connectivity index (χ3v) is 2.88. The number of hydrogen-bond acceptors (Lipinski definition) is 2. The average molecular weight is 192 g/mol. The molecule has 0 saturated carbocycles. The van der Waals surface area contributed by atoms with E-state index >= 15 is 0 Å². The molecule has 0 radical (unpaired) electrons. The van der Waals surface area contributed by atoms with Crippen molar-refractivity contribution in [1.29, 1.82) is 0 Å². The Kier molecular flexibility index (Phi) is 4.60. The number of likely N-dealkylation sites (N-methyl/N-ethyl adjacent to an activating group) is 1. The maximum atomic E-state index is 4.13. The van der Waals surface area contributed by atoms with E-state index < -0.39 is 0 Å². The van der Waals surface area contributed by atoms with Gasteiger partial charge in [-0.25, -0.2) is 0 Å². The van der Waals surface area contributed by atoms with E-state index in [1.165, 1.54) is 12.0 Å². The quantitative estimate of drug-likeness (QED) is 0.774. The summed E-state index contributed by atoms with van der Waals surface area (Å²) in [4.78, 5) is 4.13. The van der Waals surface area contributed by atoms with Crippen molar-refractivity contribution in [2.24, 2.45) is 5.92 Å². The van der Waals surface area contributed by atoms with Crippen LogP contribution in [0.2, 0.25) is 0 Å². The molecule has 0 bridgehead atoms. The van der Waals surface area contributed by atoms with Crippen LogP contribution >= 0.6 is 0 Å². The van der Waals surface area contributed by atoms with Gasteiger partial charge in [0.2, 0.25) is 0 Å². The van der Waals surface area contributed by atoms with Crippen LogP contribution in [-0.2, 0) is 6.42 Å². The highest BCUT2D eigenvalue weighted by Gasteiger charge is 2.13. The first kappa shape index (κ1) is 11.2. The smallest absolute Gasteiger partial charge is 0.0300 e. The molecule has 1 aromatic heterocycles. The molecule has 0 aliphatic rings. The van der Waals surface area contributed by atoms with Gasteiger partial charge in [0.15, 0.2) is 0 Å². The van der Waals surface area contributed by atoms with E-state index in [1.54, 1.807) is 0 Å². The third kappa shape index (κ3) is 3.11. The van der Waals surface area contributed by atoms with Gasteiger partial charge in [0.1, 0.15) is 0 Å². The second kappa shape index (κ2) is 5.76. The molecule has 78 valence electrons. The SMILES string of the molecule is CCC(C)C(Cc1cccnc1)NC. The van der Waals surface area contributed by atoms with E-state index in [0.29, 0.717) is 12.0 Å². The molecule has 14 heavy (non-hydrogen) atoms. The maximum Gasteiger partial charge on any atom is 0.0300 e. The zero-order chi connectivity index (χ0) is 10.4. The number of nitrogens with zero attached hydrogens (tertiary/aromatic N) is 1. The van der Waals surface area contributed by atoms with E-state index in [-0.39, 0.29) is 0 Å². The standard InChI is InChI=1S/C12H20N2/c1-4-10(2)12(13-3)8-11-6-5-7-14-9-11/h5-7,9-10,12-13H,4,8H2,1-3H3. The van der Waals surface area contributed by atoms with Crippen molar-refractivity contribution in [2.45, 2.75) is 32.7 Å². The predicted molar refractivity (Wildman–Crippen MR) is 60.2 cm³/mol. The summed E-state index contributed by atoms with van der Waals surface area (Å²) < 4.78 is 0. The fraction of sp³-hybridized carbons (Fsp3) is 0.583. The third-order valence-electron chi connectivity index (χ3n) is 2.88. The number of nitrogens with one attached hydrogen (secondary N) is 1. The molecule has 1 aromatic rings. The van der Waals surface area contributed by atoms with Gasteiger partial charge < -0.3 is 5.32 Å². The van der Waals surface area contributed by atoms with Gasteiger partial charge >= 0.3 is 0 Å². The summed E-state index contributed by atoms with van der Waals surface area (Å²) in [6.07, 6.45) is 6.05. The minimum Gasteiger partial charge on any atom is -0.316 e. The van der Waals surface area contributed by atoms with Gasteiger partial charge in [-0.15, -0.1) is 0 Å². The first-order chi connectivity index (χ1) is 6.77. The van der Waals surface area contributed by atoms with Gasteiger partial charge in [0.05, 0.1) is 0 Å². The molecule has 2 nitrogen and oxygen atoms in total. The van der Waals surface area contributed by atoms with Crippen molar-refractivity contribution in [3.8, 4) is 0 Å². The Bertz CT molecular complexity index is 246. The molecule has 0 aliphatic carbocycles. The minimum atomic E-state index is 0.559. The Hall–Kier alpha value is -0.890. The van der Waals surface area contributed by atoms with E-state index in [0.717, 1.165) is 6.42 Å². The molecule has 2 unspecified atom stereocenters. The summed E-state index contributed by atoms with van der Waals surface area (Å²) in [5.41, 5.74) is 1.31. The van der Waals surface area contributed by atoms with Crippen LogP contribution in [0.15, 0.2) is 24.5 Å². The van der Waals surface area contributed by atoms with E-state index in [9.17, 15) is 0 Å². The lowest BCUT2D eigenvalue weighted by Crippen LogP contribution is -2.33. The van der Waals surface area contributed by atoms with E-state index in [4.69, 9.17) is 0 Å². The van der Waals surface area contributed by atoms with Crippen LogP contribution < -0.4 is 5.32 Å². The van der Waals surface area contributed by atoms with Crippen molar-refractivity contribution < 1.29 is 0 Å². The van der Waals surface area contributed by atoms with Crippen LogP contribution in [0.1, 0.15) is 25.8 Å². The molecule has 0 amide bonds. The molecule has 0 spiro atoms. The molecule has 2 atom stereocenters. The average Bonchev–Trinajstić information content (AvgIpc) is 2.26. The Labute approximate surface area is 86.8 Å². The van der Waals surface area contributed by atoms with Crippen molar-refractivity contribution in [1.82, 2.24) is 10.3 Å². The molecular formula is C12H20N2. The number of hydrogen-bond donors (Lipinski definition) is 1. The minimum absolute atomic E-state index is 0.559. The zero-order valence-corrected chi connectivity index (χ0v) is 9.33. The van der Waals surface area contributed by atoms with Gasteiger partial charge in [-0.1, -0.05) is 26.3 Å². The monoisotopic (exact) mass is 192 g/mol. The maximum absolute atomic E-state index is 4.13. The fourth-order valence-electron chi connectivity index (χ4n) is 1.65. The van der Waals surface area contributed by atoms with Gasteiger partial charge in [-0.3, -0.25) is 4.98 Å². The van der Waals surface area contributed by atoms with Crippen LogP contribution in [0, 0.1) is 5.92 Å². The summed E-state index contributed by atoms with van der Waals surface area (Å²) in [5, 5.41) is 3.37. The number of aromatic nitrogens is 1. The van der Waals surface area contributed by atoms with Crippen molar-refractivity contribution in [3.05, 3.63) is 30.1 Å². The first-order valence-electron chi connectivity index (χ1n) is 5.34. The van der Waals surface area contributed by atoms with Crippen molar-refractivity contribution in [3.63, 3.8) is 0 Å². The van der Waals surface area contributed by atoms with Crippen LogP contribution in [0.25, 0.3) is 0 Å². The molecule has 0 aliphatic heterocycles. The Morgan fingerprint density at radius 2 is 2.29 bits per heavy atom. The number of rotatable bonds is 5. The second-order valence-corrected chi connectivity index (χ2v) is 3.85. The van der Waals surface area contributed by atoms with Crippen LogP contribution in [0.5, 0.6) is 0 Å². The summed E-state index contributed by atoms with van der Waals surface area (Å²) in [6, 6.07) is 4.70. The highest BCUT2D eigenvalue weighted by atomic mass is 14.9. The van der Waals surface area contributed by atoms with Crippen LogP contribution in [-0.4, -0.2) is 18.1 Å².